The Labute approximate surface area is 103 Å². The Morgan fingerprint density at radius 3 is 2.44 bits per heavy atom. The summed E-state index contributed by atoms with van der Waals surface area (Å²) in [5, 5.41) is 9.09. The zero-order valence-corrected chi connectivity index (χ0v) is 9.51. The van der Waals surface area contributed by atoms with Crippen molar-refractivity contribution < 1.29 is 14.3 Å². The van der Waals surface area contributed by atoms with Crippen molar-refractivity contribution in [1.82, 2.24) is 0 Å². The van der Waals surface area contributed by atoms with Gasteiger partial charge < -0.3 is 16.6 Å². The third-order valence-corrected chi connectivity index (χ3v) is 2.93. The summed E-state index contributed by atoms with van der Waals surface area (Å²) in [5.74, 6) is -2.54. The number of hydrogen-bond acceptors (Lipinski definition) is 3. The first-order valence-electron chi connectivity index (χ1n) is 5.38. The van der Waals surface area contributed by atoms with Crippen LogP contribution in [-0.4, -0.2) is 11.1 Å². The quantitative estimate of drug-likeness (QED) is 0.693. The van der Waals surface area contributed by atoms with Crippen LogP contribution in [0.4, 0.5) is 10.1 Å². The Morgan fingerprint density at radius 2 is 1.89 bits per heavy atom. The number of aliphatic carboxylic acids is 1. The number of alkyl halides is 1. The minimum atomic E-state index is -2.15. The van der Waals surface area contributed by atoms with Crippen molar-refractivity contribution in [2.75, 3.05) is 5.73 Å². The Morgan fingerprint density at radius 1 is 1.28 bits per heavy atom. The summed E-state index contributed by atoms with van der Waals surface area (Å²) in [5.41, 5.74) is 9.83. The molecular formula is C13H13FN2O2. The molecule has 2 unspecified atom stereocenters. The molecule has 1 aliphatic rings. The molecule has 0 heterocycles. The van der Waals surface area contributed by atoms with Crippen LogP contribution in [0.1, 0.15) is 5.56 Å². The Hall–Kier alpha value is -2.30. The van der Waals surface area contributed by atoms with Gasteiger partial charge in [-0.3, -0.25) is 4.79 Å². The summed E-state index contributed by atoms with van der Waals surface area (Å²) in [4.78, 5) is 11.1. The van der Waals surface area contributed by atoms with Gasteiger partial charge in [0.05, 0.1) is 0 Å². The largest absolute Gasteiger partial charge is 0.481 e. The normalized spacial score (nSPS) is 26.7. The van der Waals surface area contributed by atoms with E-state index in [2.05, 4.69) is 0 Å². The van der Waals surface area contributed by atoms with Crippen LogP contribution >= 0.6 is 0 Å². The molecule has 1 aromatic carbocycles. The van der Waals surface area contributed by atoms with Gasteiger partial charge in [0.15, 0.2) is 5.67 Å². The second-order valence-corrected chi connectivity index (χ2v) is 4.21. The van der Waals surface area contributed by atoms with Crippen molar-refractivity contribution in [2.45, 2.75) is 5.67 Å². The van der Waals surface area contributed by atoms with E-state index in [0.717, 1.165) is 6.08 Å². The number of nitrogens with two attached hydrogens (primary N) is 2. The van der Waals surface area contributed by atoms with Gasteiger partial charge in [0, 0.05) is 11.4 Å². The molecule has 0 radical (unpaired) electrons. The number of nitrogen functional groups attached to an aromatic ring is 1. The first-order chi connectivity index (χ1) is 8.43. The van der Waals surface area contributed by atoms with E-state index in [1.54, 1.807) is 0 Å². The number of carbonyl (C=O) groups is 1. The van der Waals surface area contributed by atoms with Crippen LogP contribution in [0.15, 0.2) is 48.2 Å². The lowest BCUT2D eigenvalue weighted by molar-refractivity contribution is -0.144. The molecule has 18 heavy (non-hydrogen) atoms. The number of carboxylic acids is 1. The highest BCUT2D eigenvalue weighted by atomic mass is 19.1. The molecule has 2 atom stereocenters. The molecule has 0 aromatic heterocycles. The molecule has 1 aromatic rings. The molecule has 94 valence electrons. The van der Waals surface area contributed by atoms with Gasteiger partial charge in [-0.25, -0.2) is 4.39 Å². The van der Waals surface area contributed by atoms with Crippen molar-refractivity contribution >= 4 is 11.7 Å². The fourth-order valence-corrected chi connectivity index (χ4v) is 1.99. The van der Waals surface area contributed by atoms with Crippen molar-refractivity contribution in [1.29, 1.82) is 0 Å². The number of allylic oxidation sites excluding steroid dienone is 2. The van der Waals surface area contributed by atoms with E-state index in [-0.39, 0.29) is 11.3 Å². The van der Waals surface area contributed by atoms with Crippen molar-refractivity contribution in [3.05, 3.63) is 53.8 Å². The molecule has 0 amide bonds. The lowest BCUT2D eigenvalue weighted by Crippen LogP contribution is -2.36. The number of carboxylic acid groups (broad SMARTS) is 1. The summed E-state index contributed by atoms with van der Waals surface area (Å²) in [6.07, 6.45) is 3.78. The summed E-state index contributed by atoms with van der Waals surface area (Å²) in [6, 6.07) is 5.98. The van der Waals surface area contributed by atoms with Crippen LogP contribution in [-0.2, 0) is 10.5 Å². The fourth-order valence-electron chi connectivity index (χ4n) is 1.99. The number of anilines is 1. The van der Waals surface area contributed by atoms with E-state index in [1.807, 2.05) is 0 Å². The monoisotopic (exact) mass is 248 g/mol. The Balaban J connectivity index is 2.52. The number of benzene rings is 1. The predicted octanol–water partition coefficient (Wildman–Crippen LogP) is 1.55. The van der Waals surface area contributed by atoms with Crippen LogP contribution in [0.25, 0.3) is 0 Å². The van der Waals surface area contributed by atoms with E-state index >= 15 is 0 Å². The van der Waals surface area contributed by atoms with Gasteiger partial charge in [0.25, 0.3) is 0 Å². The zero-order chi connectivity index (χ0) is 13.3. The Bertz CT molecular complexity index is 536. The number of halogens is 1. The maximum atomic E-state index is 15.0. The van der Waals surface area contributed by atoms with Crippen LogP contribution in [0, 0.1) is 5.92 Å². The summed E-state index contributed by atoms with van der Waals surface area (Å²) in [7, 11) is 0. The summed E-state index contributed by atoms with van der Waals surface area (Å²) in [6.45, 7) is 0. The molecule has 0 spiro atoms. The summed E-state index contributed by atoms with van der Waals surface area (Å²) < 4.78 is 15.0. The number of rotatable bonds is 2. The highest BCUT2D eigenvalue weighted by Gasteiger charge is 2.43. The molecule has 0 saturated heterocycles. The first-order valence-corrected chi connectivity index (χ1v) is 5.38. The van der Waals surface area contributed by atoms with Crippen molar-refractivity contribution in [2.24, 2.45) is 11.7 Å². The third kappa shape index (κ3) is 1.95. The Kier molecular flexibility index (Phi) is 2.82. The van der Waals surface area contributed by atoms with Gasteiger partial charge in [0.1, 0.15) is 5.92 Å². The molecule has 0 bridgehead atoms. The van der Waals surface area contributed by atoms with E-state index in [9.17, 15) is 9.18 Å². The van der Waals surface area contributed by atoms with Crippen LogP contribution in [0.3, 0.4) is 0 Å². The van der Waals surface area contributed by atoms with Crippen molar-refractivity contribution in [3.63, 3.8) is 0 Å². The molecule has 2 rings (SSSR count). The van der Waals surface area contributed by atoms with Crippen molar-refractivity contribution in [3.8, 4) is 0 Å². The van der Waals surface area contributed by atoms with Gasteiger partial charge in [-0.2, -0.15) is 0 Å². The standard InChI is InChI=1S/C13H13FN2O2/c14-13(8-1-3-9(15)4-2-8)7-10(16)5-6-11(13)12(17)18/h1-7,11H,15-16H2,(H,17,18). The molecule has 0 saturated carbocycles. The molecule has 4 nitrogen and oxygen atoms in total. The average molecular weight is 248 g/mol. The van der Waals surface area contributed by atoms with Gasteiger partial charge >= 0.3 is 5.97 Å². The maximum absolute atomic E-state index is 15.0. The molecule has 5 N–H and O–H groups in total. The van der Waals surface area contributed by atoms with Crippen LogP contribution < -0.4 is 11.5 Å². The molecule has 0 fully saturated rings. The predicted molar refractivity (Wildman–Crippen MR) is 66.2 cm³/mol. The third-order valence-electron chi connectivity index (χ3n) is 2.93. The van der Waals surface area contributed by atoms with E-state index in [1.165, 1.54) is 36.4 Å². The first kappa shape index (κ1) is 12.2. The highest BCUT2D eigenvalue weighted by molar-refractivity contribution is 5.76. The average Bonchev–Trinajstić information content (AvgIpc) is 2.28. The molecular weight excluding hydrogens is 235 g/mol. The topological polar surface area (TPSA) is 89.3 Å². The SMILES string of the molecule is NC1=CC(F)(c2ccc(N)cc2)C(C(=O)O)C=C1. The second kappa shape index (κ2) is 4.18. The molecule has 1 aliphatic carbocycles. The lowest BCUT2D eigenvalue weighted by Gasteiger charge is -2.29. The number of hydrogen-bond donors (Lipinski definition) is 3. The van der Waals surface area contributed by atoms with Gasteiger partial charge in [-0.1, -0.05) is 18.2 Å². The van der Waals surface area contributed by atoms with Crippen LogP contribution in [0.5, 0.6) is 0 Å². The minimum absolute atomic E-state index is 0.201. The molecule has 0 aliphatic heterocycles. The van der Waals surface area contributed by atoms with E-state index in [4.69, 9.17) is 16.6 Å². The van der Waals surface area contributed by atoms with E-state index < -0.39 is 17.6 Å². The van der Waals surface area contributed by atoms with Gasteiger partial charge in [-0.05, 0) is 29.8 Å². The van der Waals surface area contributed by atoms with Crippen LogP contribution in [0.2, 0.25) is 0 Å². The zero-order valence-electron chi connectivity index (χ0n) is 9.51. The van der Waals surface area contributed by atoms with Gasteiger partial charge in [-0.15, -0.1) is 0 Å². The fraction of sp³-hybridized carbons (Fsp3) is 0.154. The van der Waals surface area contributed by atoms with E-state index in [0.29, 0.717) is 5.69 Å². The lowest BCUT2D eigenvalue weighted by atomic mass is 9.79. The maximum Gasteiger partial charge on any atom is 0.314 e. The smallest absolute Gasteiger partial charge is 0.314 e. The highest BCUT2D eigenvalue weighted by Crippen LogP contribution is 2.40. The van der Waals surface area contributed by atoms with Gasteiger partial charge in [0.2, 0.25) is 0 Å². The minimum Gasteiger partial charge on any atom is -0.481 e. The summed E-state index contributed by atoms with van der Waals surface area (Å²) >= 11 is 0. The second-order valence-electron chi connectivity index (χ2n) is 4.21. The molecule has 5 heteroatoms.